The molecule has 1 fully saturated rings. The van der Waals surface area contributed by atoms with Crippen LogP contribution in [0, 0.1) is 5.82 Å². The van der Waals surface area contributed by atoms with Crippen LogP contribution in [0.3, 0.4) is 0 Å². The summed E-state index contributed by atoms with van der Waals surface area (Å²) in [6.07, 6.45) is 1.11. The molecule has 1 saturated heterocycles. The molecule has 8 nitrogen and oxygen atoms in total. The molecule has 0 saturated carbocycles. The topological polar surface area (TPSA) is 103 Å². The third kappa shape index (κ3) is 4.03. The summed E-state index contributed by atoms with van der Waals surface area (Å²) in [5.74, 6) is -1.62. The van der Waals surface area contributed by atoms with Gasteiger partial charge in [-0.3, -0.25) is 14.6 Å². The Morgan fingerprint density at radius 2 is 2.07 bits per heavy atom. The van der Waals surface area contributed by atoms with Crippen molar-refractivity contribution in [3.8, 4) is 5.75 Å². The van der Waals surface area contributed by atoms with Crippen molar-refractivity contribution in [2.45, 2.75) is 19.2 Å². The molecule has 1 aliphatic rings. The van der Waals surface area contributed by atoms with Gasteiger partial charge in [-0.2, -0.15) is 0 Å². The number of hydrogen-bond donors (Lipinski definition) is 2. The Balaban J connectivity index is 1.68. The number of pyridine rings is 2. The number of nitrogens with zero attached hydrogens (tertiary/aromatic N) is 2. The maximum atomic E-state index is 13.1. The van der Waals surface area contributed by atoms with Crippen LogP contribution in [0.25, 0.3) is 11.0 Å². The number of rotatable bonds is 5. The van der Waals surface area contributed by atoms with Crippen molar-refractivity contribution in [3.05, 3.63) is 69.9 Å². The molecule has 3 heterocycles. The third-order valence-corrected chi connectivity index (χ3v) is 4.86. The Hall–Kier alpha value is -3.30. The zero-order valence-corrected chi connectivity index (χ0v) is 16.0. The van der Waals surface area contributed by atoms with Gasteiger partial charge in [0.05, 0.1) is 38.0 Å². The molecule has 1 aromatic carbocycles. The van der Waals surface area contributed by atoms with Crippen LogP contribution in [-0.2, 0) is 22.6 Å². The average molecular weight is 413 g/mol. The van der Waals surface area contributed by atoms with Gasteiger partial charge >= 0.3 is 0 Å². The number of carbonyl (C=O) groups excluding carboxylic acids is 1. The number of benzene rings is 1. The van der Waals surface area contributed by atoms with Crippen molar-refractivity contribution in [3.63, 3.8) is 0 Å². The van der Waals surface area contributed by atoms with Gasteiger partial charge in [-0.15, -0.1) is 0 Å². The Kier molecular flexibility index (Phi) is 5.73. The number of hydrogen-bond acceptors (Lipinski definition) is 6. The van der Waals surface area contributed by atoms with Gasteiger partial charge in [-0.1, -0.05) is 12.1 Å². The summed E-state index contributed by atoms with van der Waals surface area (Å²) < 4.78 is 25.4. The van der Waals surface area contributed by atoms with Crippen molar-refractivity contribution < 1.29 is 23.8 Å². The minimum Gasteiger partial charge on any atom is -0.505 e. The van der Waals surface area contributed by atoms with Crippen molar-refractivity contribution >= 4 is 16.9 Å². The number of aromatic hydroxyl groups is 1. The second kappa shape index (κ2) is 8.60. The van der Waals surface area contributed by atoms with Gasteiger partial charge in [-0.05, 0) is 29.8 Å². The van der Waals surface area contributed by atoms with E-state index in [0.717, 1.165) is 0 Å². The molecule has 1 unspecified atom stereocenters. The molecule has 3 aromatic rings. The van der Waals surface area contributed by atoms with E-state index in [-0.39, 0.29) is 30.5 Å². The number of nitrogens with one attached hydrogen (secondary N) is 1. The van der Waals surface area contributed by atoms with E-state index >= 15 is 0 Å². The van der Waals surface area contributed by atoms with Gasteiger partial charge in [0.15, 0.2) is 5.75 Å². The van der Waals surface area contributed by atoms with Gasteiger partial charge in [-0.25, -0.2) is 4.39 Å². The number of aromatic nitrogens is 2. The van der Waals surface area contributed by atoms with Crippen molar-refractivity contribution in [1.82, 2.24) is 14.9 Å². The third-order valence-electron chi connectivity index (χ3n) is 4.86. The summed E-state index contributed by atoms with van der Waals surface area (Å²) in [4.78, 5) is 30.1. The minimum atomic E-state index is -0.746. The number of fused-ring (bicyclic) bond motifs is 1. The van der Waals surface area contributed by atoms with Crippen LogP contribution in [0.15, 0.2) is 47.4 Å². The second-order valence-corrected chi connectivity index (χ2v) is 6.89. The highest BCUT2D eigenvalue weighted by molar-refractivity contribution is 6.01. The molecule has 1 atom stereocenters. The number of carbonyl (C=O) groups is 1. The highest BCUT2D eigenvalue weighted by Gasteiger charge is 2.25. The molecule has 1 amide bonds. The lowest BCUT2D eigenvalue weighted by molar-refractivity contribution is -0.0935. The van der Waals surface area contributed by atoms with Crippen LogP contribution in [0.5, 0.6) is 5.75 Å². The molecular formula is C21H20FN3O5. The molecule has 0 aliphatic carbocycles. The van der Waals surface area contributed by atoms with Gasteiger partial charge in [0.25, 0.3) is 11.5 Å². The first kappa shape index (κ1) is 20.0. The number of ether oxygens (including phenoxy) is 2. The summed E-state index contributed by atoms with van der Waals surface area (Å²) in [6, 6.07) is 8.89. The molecule has 30 heavy (non-hydrogen) atoms. The standard InChI is InChI=1S/C21H20FN3O5/c22-14-5-3-13(4-6-14)10-24-20(27)17-19(26)18-16(2-1-7-23-18)25(21(17)28)11-15-12-29-8-9-30-15/h1-7,15,26H,8-12H2,(H,24,27). The van der Waals surface area contributed by atoms with Crippen LogP contribution in [-0.4, -0.2) is 46.5 Å². The van der Waals surface area contributed by atoms with Gasteiger partial charge in [0.1, 0.15) is 16.9 Å². The predicted molar refractivity (Wildman–Crippen MR) is 106 cm³/mol. The first-order valence-corrected chi connectivity index (χ1v) is 9.47. The second-order valence-electron chi connectivity index (χ2n) is 6.89. The summed E-state index contributed by atoms with van der Waals surface area (Å²) in [5, 5.41) is 13.2. The lowest BCUT2D eigenvalue weighted by Crippen LogP contribution is -2.38. The molecule has 1 aliphatic heterocycles. The fraction of sp³-hybridized carbons (Fsp3) is 0.286. The van der Waals surface area contributed by atoms with Crippen molar-refractivity contribution in [1.29, 1.82) is 0 Å². The van der Waals surface area contributed by atoms with Crippen molar-refractivity contribution in [2.24, 2.45) is 0 Å². The van der Waals surface area contributed by atoms with E-state index in [1.807, 2.05) is 0 Å². The number of amides is 1. The highest BCUT2D eigenvalue weighted by Crippen LogP contribution is 2.24. The molecular weight excluding hydrogens is 393 g/mol. The molecule has 0 spiro atoms. The Labute approximate surface area is 170 Å². The van der Waals surface area contributed by atoms with E-state index < -0.39 is 22.8 Å². The fourth-order valence-corrected chi connectivity index (χ4v) is 3.37. The summed E-state index contributed by atoms with van der Waals surface area (Å²) >= 11 is 0. The van der Waals surface area contributed by atoms with Crippen LogP contribution in [0.2, 0.25) is 0 Å². The maximum absolute atomic E-state index is 13.1. The van der Waals surface area contributed by atoms with Crippen LogP contribution in [0.1, 0.15) is 15.9 Å². The van der Waals surface area contributed by atoms with Gasteiger partial charge in [0, 0.05) is 12.7 Å². The average Bonchev–Trinajstić information content (AvgIpc) is 2.77. The number of halogens is 1. The van der Waals surface area contributed by atoms with Gasteiger partial charge < -0.3 is 24.5 Å². The van der Waals surface area contributed by atoms with E-state index in [9.17, 15) is 19.1 Å². The van der Waals surface area contributed by atoms with E-state index in [1.165, 1.54) is 35.0 Å². The summed E-state index contributed by atoms with van der Waals surface area (Å²) in [7, 11) is 0. The SMILES string of the molecule is O=C(NCc1ccc(F)cc1)c1c(O)c2ncccc2n(CC2COCCO2)c1=O. The molecule has 0 radical (unpaired) electrons. The Morgan fingerprint density at radius 3 is 2.80 bits per heavy atom. The minimum absolute atomic E-state index is 0.0673. The Bertz CT molecular complexity index is 1120. The van der Waals surface area contributed by atoms with Gasteiger partial charge in [0.2, 0.25) is 0 Å². The molecule has 0 bridgehead atoms. The van der Waals surface area contributed by atoms with E-state index in [2.05, 4.69) is 10.3 Å². The zero-order valence-electron chi connectivity index (χ0n) is 16.0. The van der Waals surface area contributed by atoms with Crippen molar-refractivity contribution in [2.75, 3.05) is 19.8 Å². The molecule has 9 heteroatoms. The highest BCUT2D eigenvalue weighted by atomic mass is 19.1. The summed E-state index contributed by atoms with van der Waals surface area (Å²) in [5.41, 5.74) is 0.125. The molecule has 156 valence electrons. The maximum Gasteiger partial charge on any atom is 0.267 e. The first-order valence-electron chi connectivity index (χ1n) is 9.47. The monoisotopic (exact) mass is 413 g/mol. The normalized spacial score (nSPS) is 16.5. The molecule has 2 N–H and O–H groups in total. The lowest BCUT2D eigenvalue weighted by Gasteiger charge is -2.24. The van der Waals surface area contributed by atoms with Crippen LogP contribution >= 0.6 is 0 Å². The van der Waals surface area contributed by atoms with E-state index in [0.29, 0.717) is 30.9 Å². The largest absolute Gasteiger partial charge is 0.505 e. The fourth-order valence-electron chi connectivity index (χ4n) is 3.37. The quantitative estimate of drug-likeness (QED) is 0.659. The Morgan fingerprint density at radius 1 is 1.27 bits per heavy atom. The van der Waals surface area contributed by atoms with Crippen LogP contribution in [0.4, 0.5) is 4.39 Å². The van der Waals surface area contributed by atoms with E-state index in [4.69, 9.17) is 9.47 Å². The summed E-state index contributed by atoms with van der Waals surface area (Å²) in [6.45, 7) is 1.44. The predicted octanol–water partition coefficient (Wildman–Crippen LogP) is 1.59. The van der Waals surface area contributed by atoms with E-state index in [1.54, 1.807) is 12.1 Å². The van der Waals surface area contributed by atoms with Crippen LogP contribution < -0.4 is 10.9 Å². The molecule has 4 rings (SSSR count). The molecule has 2 aromatic heterocycles. The smallest absolute Gasteiger partial charge is 0.267 e. The first-order chi connectivity index (χ1) is 14.5. The zero-order chi connectivity index (χ0) is 21.1. The lowest BCUT2D eigenvalue weighted by atomic mass is 10.1.